The Morgan fingerprint density at radius 3 is 2.56 bits per heavy atom. The lowest BCUT2D eigenvalue weighted by Gasteiger charge is -2.15. The largest absolute Gasteiger partial charge is 0.475 e. The summed E-state index contributed by atoms with van der Waals surface area (Å²) in [6.45, 7) is 8.15. The second-order valence-electron chi connectivity index (χ2n) is 4.29. The molecule has 0 aliphatic rings. The van der Waals surface area contributed by atoms with E-state index in [4.69, 9.17) is 14.3 Å². The average Bonchev–Trinajstić information content (AvgIpc) is 2.56. The van der Waals surface area contributed by atoms with Gasteiger partial charge in [-0.1, -0.05) is 13.8 Å². The van der Waals surface area contributed by atoms with Crippen molar-refractivity contribution in [2.45, 2.75) is 40.4 Å². The molecule has 0 spiro atoms. The number of aryl methyl sites for hydroxylation is 1. The highest BCUT2D eigenvalue weighted by atomic mass is 16.5. The molecule has 1 heterocycles. The van der Waals surface area contributed by atoms with Crippen LogP contribution in [0.1, 0.15) is 42.6 Å². The summed E-state index contributed by atoms with van der Waals surface area (Å²) in [7, 11) is 0. The molecule has 0 aromatic carbocycles. The second kappa shape index (κ2) is 5.16. The Balaban J connectivity index is 2.62. The summed E-state index contributed by atoms with van der Waals surface area (Å²) >= 11 is 0. The molecule has 1 unspecified atom stereocenters. The number of hydrogen-bond donors (Lipinski definition) is 1. The predicted molar refractivity (Wildman–Crippen MR) is 59.5 cm³/mol. The first-order valence-electron chi connectivity index (χ1n) is 5.36. The van der Waals surface area contributed by atoms with E-state index in [-0.39, 0.29) is 11.9 Å². The maximum Gasteiger partial charge on any atom is 0.372 e. The van der Waals surface area contributed by atoms with Gasteiger partial charge in [0, 0.05) is 5.56 Å². The van der Waals surface area contributed by atoms with E-state index in [1.807, 2.05) is 6.92 Å². The molecule has 0 saturated carbocycles. The van der Waals surface area contributed by atoms with E-state index in [0.29, 0.717) is 23.8 Å². The summed E-state index contributed by atoms with van der Waals surface area (Å²) in [4.78, 5) is 10.7. The molecule has 4 heteroatoms. The first-order chi connectivity index (χ1) is 7.41. The first-order valence-corrected chi connectivity index (χ1v) is 5.36. The van der Waals surface area contributed by atoms with E-state index >= 15 is 0 Å². The summed E-state index contributed by atoms with van der Waals surface area (Å²) in [5, 5.41) is 8.81. The third kappa shape index (κ3) is 3.10. The quantitative estimate of drug-likeness (QED) is 0.838. The van der Waals surface area contributed by atoms with Gasteiger partial charge in [-0.15, -0.1) is 0 Å². The molecular formula is C12H18O4. The van der Waals surface area contributed by atoms with Crippen LogP contribution in [0.15, 0.2) is 10.5 Å². The molecule has 0 radical (unpaired) electrons. The minimum atomic E-state index is -1.04. The molecule has 4 nitrogen and oxygen atoms in total. The van der Waals surface area contributed by atoms with E-state index in [1.165, 1.54) is 0 Å². The Morgan fingerprint density at radius 1 is 1.50 bits per heavy atom. The SMILES string of the molecule is Cc1cc(COC(C)C(C)C)oc1C(=O)O. The van der Waals surface area contributed by atoms with Crippen LogP contribution in [0.3, 0.4) is 0 Å². The van der Waals surface area contributed by atoms with Crippen molar-refractivity contribution < 1.29 is 19.1 Å². The highest BCUT2D eigenvalue weighted by molar-refractivity contribution is 5.86. The van der Waals surface area contributed by atoms with Crippen molar-refractivity contribution in [2.75, 3.05) is 0 Å². The van der Waals surface area contributed by atoms with Crippen LogP contribution in [-0.2, 0) is 11.3 Å². The van der Waals surface area contributed by atoms with E-state index in [2.05, 4.69) is 13.8 Å². The number of aromatic carboxylic acids is 1. The molecule has 1 N–H and O–H groups in total. The molecule has 0 fully saturated rings. The summed E-state index contributed by atoms with van der Waals surface area (Å²) in [6, 6.07) is 1.70. The topological polar surface area (TPSA) is 59.7 Å². The van der Waals surface area contributed by atoms with Gasteiger partial charge in [-0.25, -0.2) is 4.79 Å². The van der Waals surface area contributed by atoms with Gasteiger partial charge in [0.15, 0.2) is 0 Å². The van der Waals surface area contributed by atoms with Gasteiger partial charge in [-0.2, -0.15) is 0 Å². The Morgan fingerprint density at radius 2 is 2.12 bits per heavy atom. The second-order valence-corrected chi connectivity index (χ2v) is 4.29. The number of carboxylic acids is 1. The van der Waals surface area contributed by atoms with E-state index in [0.717, 1.165) is 0 Å². The van der Waals surface area contributed by atoms with Crippen molar-refractivity contribution in [3.05, 3.63) is 23.2 Å². The lowest BCUT2D eigenvalue weighted by molar-refractivity contribution is 0.0142. The molecule has 1 aromatic rings. The maximum atomic E-state index is 10.7. The molecule has 0 bridgehead atoms. The van der Waals surface area contributed by atoms with Gasteiger partial charge in [-0.3, -0.25) is 0 Å². The third-order valence-corrected chi connectivity index (χ3v) is 2.59. The smallest absolute Gasteiger partial charge is 0.372 e. The van der Waals surface area contributed by atoms with Gasteiger partial charge in [0.05, 0.1) is 6.10 Å². The fourth-order valence-electron chi connectivity index (χ4n) is 1.24. The normalized spacial score (nSPS) is 13.1. The Labute approximate surface area is 95.2 Å². The monoisotopic (exact) mass is 226 g/mol. The van der Waals surface area contributed by atoms with Crippen LogP contribution in [0.2, 0.25) is 0 Å². The summed E-state index contributed by atoms with van der Waals surface area (Å²) in [5.41, 5.74) is 0.628. The highest BCUT2D eigenvalue weighted by Crippen LogP contribution is 2.17. The molecule has 0 aliphatic carbocycles. The number of furan rings is 1. The van der Waals surface area contributed by atoms with Crippen LogP contribution >= 0.6 is 0 Å². The number of hydrogen-bond acceptors (Lipinski definition) is 3. The standard InChI is InChI=1S/C12H18O4/c1-7(2)9(4)15-6-10-5-8(3)11(16-10)12(13)14/h5,7,9H,6H2,1-4H3,(H,13,14). The number of ether oxygens (including phenoxy) is 1. The molecule has 90 valence electrons. The fraction of sp³-hybridized carbons (Fsp3) is 0.583. The molecule has 0 aliphatic heterocycles. The zero-order chi connectivity index (χ0) is 12.3. The first kappa shape index (κ1) is 12.8. The van der Waals surface area contributed by atoms with Crippen LogP contribution < -0.4 is 0 Å². The number of carbonyl (C=O) groups is 1. The predicted octanol–water partition coefficient (Wildman–Crippen LogP) is 2.85. The van der Waals surface area contributed by atoms with Crippen LogP contribution in [0.5, 0.6) is 0 Å². The van der Waals surface area contributed by atoms with Gasteiger partial charge >= 0.3 is 5.97 Å². The number of carboxylic acid groups (broad SMARTS) is 1. The van der Waals surface area contributed by atoms with Crippen molar-refractivity contribution in [2.24, 2.45) is 5.92 Å². The van der Waals surface area contributed by atoms with E-state index < -0.39 is 5.97 Å². The van der Waals surface area contributed by atoms with Crippen molar-refractivity contribution in [1.82, 2.24) is 0 Å². The van der Waals surface area contributed by atoms with Crippen molar-refractivity contribution in [1.29, 1.82) is 0 Å². The van der Waals surface area contributed by atoms with Crippen LogP contribution in [0.25, 0.3) is 0 Å². The lowest BCUT2D eigenvalue weighted by atomic mass is 10.1. The Kier molecular flexibility index (Phi) is 4.12. The third-order valence-electron chi connectivity index (χ3n) is 2.59. The molecule has 0 amide bonds. The maximum absolute atomic E-state index is 10.7. The van der Waals surface area contributed by atoms with Crippen molar-refractivity contribution in [3.63, 3.8) is 0 Å². The molecule has 1 rings (SSSR count). The average molecular weight is 226 g/mol. The molecule has 0 saturated heterocycles. The number of rotatable bonds is 5. The molecule has 1 atom stereocenters. The Hall–Kier alpha value is -1.29. The zero-order valence-corrected chi connectivity index (χ0v) is 10.1. The van der Waals surface area contributed by atoms with E-state index in [9.17, 15) is 4.79 Å². The summed E-state index contributed by atoms with van der Waals surface area (Å²) in [6.07, 6.45) is 0.124. The summed E-state index contributed by atoms with van der Waals surface area (Å²) < 4.78 is 10.7. The van der Waals surface area contributed by atoms with Gasteiger partial charge in [0.2, 0.25) is 5.76 Å². The zero-order valence-electron chi connectivity index (χ0n) is 10.1. The minimum absolute atomic E-state index is 0.00389. The van der Waals surface area contributed by atoms with Gasteiger partial charge < -0.3 is 14.3 Å². The van der Waals surface area contributed by atoms with Gasteiger partial charge in [0.1, 0.15) is 12.4 Å². The minimum Gasteiger partial charge on any atom is -0.475 e. The van der Waals surface area contributed by atoms with Crippen molar-refractivity contribution in [3.8, 4) is 0 Å². The van der Waals surface area contributed by atoms with Crippen LogP contribution in [-0.4, -0.2) is 17.2 Å². The van der Waals surface area contributed by atoms with Crippen molar-refractivity contribution >= 4 is 5.97 Å². The van der Waals surface area contributed by atoms with Crippen LogP contribution in [0, 0.1) is 12.8 Å². The molecule has 16 heavy (non-hydrogen) atoms. The Bertz CT molecular complexity index is 365. The van der Waals surface area contributed by atoms with Gasteiger partial charge in [0.25, 0.3) is 0 Å². The summed E-state index contributed by atoms with van der Waals surface area (Å²) in [5.74, 6) is -0.0612. The molecular weight excluding hydrogens is 208 g/mol. The van der Waals surface area contributed by atoms with Crippen LogP contribution in [0.4, 0.5) is 0 Å². The van der Waals surface area contributed by atoms with Gasteiger partial charge in [-0.05, 0) is 25.8 Å². The highest BCUT2D eigenvalue weighted by Gasteiger charge is 2.15. The fourth-order valence-corrected chi connectivity index (χ4v) is 1.24. The lowest BCUT2D eigenvalue weighted by Crippen LogP contribution is -2.14. The van der Waals surface area contributed by atoms with E-state index in [1.54, 1.807) is 13.0 Å². The molecule has 1 aromatic heterocycles.